The first kappa shape index (κ1) is 13.4. The average Bonchev–Trinajstić information content (AvgIpc) is 2.68. The Morgan fingerprint density at radius 1 is 0.941 bits per heavy atom. The van der Waals surface area contributed by atoms with E-state index in [0.717, 1.165) is 6.54 Å². The van der Waals surface area contributed by atoms with Crippen LogP contribution in [0.2, 0.25) is 0 Å². The molecule has 1 saturated carbocycles. The third-order valence-electron chi connectivity index (χ3n) is 5.09. The molecule has 2 heteroatoms. The van der Waals surface area contributed by atoms with Crippen LogP contribution in [0.5, 0.6) is 0 Å². The van der Waals surface area contributed by atoms with Gasteiger partial charge in [-0.3, -0.25) is 0 Å². The van der Waals surface area contributed by atoms with Gasteiger partial charge in [0.25, 0.3) is 0 Å². The van der Waals surface area contributed by atoms with E-state index in [0.29, 0.717) is 10.8 Å². The highest BCUT2D eigenvalue weighted by atomic mass is 15.1. The van der Waals surface area contributed by atoms with Crippen LogP contribution in [0.4, 0.5) is 0 Å². The maximum absolute atomic E-state index is 6.05. The number of hydrogen-bond acceptors (Lipinski definition) is 2. The van der Waals surface area contributed by atoms with Gasteiger partial charge in [-0.2, -0.15) is 0 Å². The van der Waals surface area contributed by atoms with Crippen molar-refractivity contribution in [3.8, 4) is 0 Å². The Morgan fingerprint density at radius 2 is 1.65 bits per heavy atom. The van der Waals surface area contributed by atoms with E-state index >= 15 is 0 Å². The van der Waals surface area contributed by atoms with Crippen molar-refractivity contribution in [3.63, 3.8) is 0 Å². The number of hydrogen-bond donors (Lipinski definition) is 1. The van der Waals surface area contributed by atoms with Gasteiger partial charge in [-0.15, -0.1) is 0 Å². The number of nitrogens with zero attached hydrogens (tertiary/aromatic N) is 1. The van der Waals surface area contributed by atoms with Gasteiger partial charge in [0.05, 0.1) is 0 Å². The van der Waals surface area contributed by atoms with Crippen molar-refractivity contribution in [3.05, 3.63) is 0 Å². The number of likely N-dealkylation sites (tertiary alicyclic amines) is 1. The topological polar surface area (TPSA) is 29.3 Å². The lowest BCUT2D eigenvalue weighted by Gasteiger charge is -2.34. The van der Waals surface area contributed by atoms with E-state index in [9.17, 15) is 0 Å². The van der Waals surface area contributed by atoms with E-state index in [1.54, 1.807) is 0 Å². The molecule has 0 aromatic heterocycles. The molecule has 1 heterocycles. The van der Waals surface area contributed by atoms with Crippen molar-refractivity contribution in [2.24, 2.45) is 16.6 Å². The molecule has 0 aromatic carbocycles. The second kappa shape index (κ2) is 5.27. The standard InChI is InChI=1S/C15H30N2/c1-14(2)6-5-10-17(11-9-14)13-15(12-16)7-3-4-8-15/h3-13,16H2,1-2H3. The molecule has 0 spiro atoms. The van der Waals surface area contributed by atoms with E-state index in [1.807, 2.05) is 0 Å². The molecule has 0 bridgehead atoms. The normalized spacial score (nSPS) is 29.1. The molecule has 0 atom stereocenters. The van der Waals surface area contributed by atoms with Gasteiger partial charge in [-0.1, -0.05) is 26.7 Å². The first-order valence-corrected chi connectivity index (χ1v) is 7.48. The van der Waals surface area contributed by atoms with Crippen molar-refractivity contribution in [1.82, 2.24) is 4.90 Å². The van der Waals surface area contributed by atoms with Crippen LogP contribution in [0.1, 0.15) is 58.8 Å². The molecule has 0 unspecified atom stereocenters. The van der Waals surface area contributed by atoms with Crippen LogP contribution in [-0.2, 0) is 0 Å². The Bertz CT molecular complexity index is 241. The molecular weight excluding hydrogens is 208 g/mol. The summed E-state index contributed by atoms with van der Waals surface area (Å²) >= 11 is 0. The van der Waals surface area contributed by atoms with E-state index in [4.69, 9.17) is 5.73 Å². The van der Waals surface area contributed by atoms with Crippen molar-refractivity contribution < 1.29 is 0 Å². The minimum absolute atomic E-state index is 0.467. The zero-order valence-corrected chi connectivity index (χ0v) is 11.8. The summed E-state index contributed by atoms with van der Waals surface area (Å²) in [5, 5.41) is 0. The first-order chi connectivity index (χ1) is 8.05. The van der Waals surface area contributed by atoms with Crippen molar-refractivity contribution >= 4 is 0 Å². The maximum atomic E-state index is 6.05. The molecule has 2 fully saturated rings. The van der Waals surface area contributed by atoms with Crippen LogP contribution in [-0.4, -0.2) is 31.1 Å². The van der Waals surface area contributed by atoms with Gasteiger partial charge < -0.3 is 10.6 Å². The largest absolute Gasteiger partial charge is 0.330 e. The Labute approximate surface area is 107 Å². The lowest BCUT2D eigenvalue weighted by Crippen LogP contribution is -2.41. The monoisotopic (exact) mass is 238 g/mol. The molecule has 0 amide bonds. The fourth-order valence-corrected chi connectivity index (χ4v) is 3.66. The fourth-order valence-electron chi connectivity index (χ4n) is 3.66. The SMILES string of the molecule is CC1(C)CCCN(CC2(CN)CCCC2)CC1. The molecular formula is C15H30N2. The van der Waals surface area contributed by atoms with Crippen LogP contribution in [0, 0.1) is 10.8 Å². The molecule has 0 radical (unpaired) electrons. The smallest absolute Gasteiger partial charge is 0.00501 e. The molecule has 100 valence electrons. The lowest BCUT2D eigenvalue weighted by atomic mass is 9.85. The van der Waals surface area contributed by atoms with Crippen LogP contribution in [0.25, 0.3) is 0 Å². The molecule has 2 N–H and O–H groups in total. The molecule has 2 rings (SSSR count). The lowest BCUT2D eigenvalue weighted by molar-refractivity contribution is 0.157. The summed E-state index contributed by atoms with van der Waals surface area (Å²) in [7, 11) is 0. The predicted molar refractivity (Wildman–Crippen MR) is 74.0 cm³/mol. The maximum Gasteiger partial charge on any atom is 0.00501 e. The highest BCUT2D eigenvalue weighted by Gasteiger charge is 2.35. The summed E-state index contributed by atoms with van der Waals surface area (Å²) in [6.45, 7) is 9.59. The van der Waals surface area contributed by atoms with E-state index in [1.165, 1.54) is 64.6 Å². The summed E-state index contributed by atoms with van der Waals surface area (Å²) in [6.07, 6.45) is 9.64. The van der Waals surface area contributed by atoms with E-state index < -0.39 is 0 Å². The van der Waals surface area contributed by atoms with Crippen molar-refractivity contribution in [1.29, 1.82) is 0 Å². The Morgan fingerprint density at radius 3 is 2.29 bits per heavy atom. The van der Waals surface area contributed by atoms with Gasteiger partial charge in [0.1, 0.15) is 0 Å². The quantitative estimate of drug-likeness (QED) is 0.819. The molecule has 2 aliphatic rings. The van der Waals surface area contributed by atoms with Gasteiger partial charge >= 0.3 is 0 Å². The molecule has 1 saturated heterocycles. The summed E-state index contributed by atoms with van der Waals surface area (Å²) in [5.41, 5.74) is 7.07. The Balaban J connectivity index is 1.90. The summed E-state index contributed by atoms with van der Waals surface area (Å²) in [4.78, 5) is 2.70. The fraction of sp³-hybridized carbons (Fsp3) is 1.00. The summed E-state index contributed by atoms with van der Waals surface area (Å²) < 4.78 is 0. The second-order valence-corrected chi connectivity index (χ2v) is 7.21. The van der Waals surface area contributed by atoms with Crippen LogP contribution < -0.4 is 5.73 Å². The van der Waals surface area contributed by atoms with Gasteiger partial charge in [-0.05, 0) is 62.6 Å². The van der Waals surface area contributed by atoms with Gasteiger partial charge in [0.15, 0.2) is 0 Å². The van der Waals surface area contributed by atoms with Crippen molar-refractivity contribution in [2.75, 3.05) is 26.2 Å². The molecule has 0 aromatic rings. The van der Waals surface area contributed by atoms with Crippen LogP contribution in [0.15, 0.2) is 0 Å². The van der Waals surface area contributed by atoms with E-state index in [2.05, 4.69) is 18.7 Å². The highest BCUT2D eigenvalue weighted by Crippen LogP contribution is 2.39. The highest BCUT2D eigenvalue weighted by molar-refractivity contribution is 4.89. The summed E-state index contributed by atoms with van der Waals surface area (Å²) in [5.74, 6) is 0. The minimum Gasteiger partial charge on any atom is -0.330 e. The first-order valence-electron chi connectivity index (χ1n) is 7.48. The molecule has 17 heavy (non-hydrogen) atoms. The molecule has 1 aliphatic heterocycles. The van der Waals surface area contributed by atoms with E-state index in [-0.39, 0.29) is 0 Å². The Kier molecular flexibility index (Phi) is 4.14. The number of rotatable bonds is 3. The third kappa shape index (κ3) is 3.45. The third-order valence-corrected chi connectivity index (χ3v) is 5.09. The van der Waals surface area contributed by atoms with Gasteiger partial charge in [-0.25, -0.2) is 0 Å². The van der Waals surface area contributed by atoms with Crippen LogP contribution >= 0.6 is 0 Å². The predicted octanol–water partition coefficient (Wildman–Crippen LogP) is 3.02. The van der Waals surface area contributed by atoms with Gasteiger partial charge in [0.2, 0.25) is 0 Å². The molecule has 2 nitrogen and oxygen atoms in total. The zero-order valence-electron chi connectivity index (χ0n) is 11.8. The average molecular weight is 238 g/mol. The second-order valence-electron chi connectivity index (χ2n) is 7.21. The number of nitrogens with two attached hydrogens (primary N) is 1. The van der Waals surface area contributed by atoms with Gasteiger partial charge in [0, 0.05) is 6.54 Å². The summed E-state index contributed by atoms with van der Waals surface area (Å²) in [6, 6.07) is 0. The van der Waals surface area contributed by atoms with Crippen LogP contribution in [0.3, 0.4) is 0 Å². The van der Waals surface area contributed by atoms with Crippen molar-refractivity contribution in [2.45, 2.75) is 58.8 Å². The Hall–Kier alpha value is -0.0800. The molecule has 1 aliphatic carbocycles. The minimum atomic E-state index is 0.467. The zero-order chi connectivity index (χ0) is 12.4.